The van der Waals surface area contributed by atoms with E-state index in [1.807, 2.05) is 36.4 Å². The Hall–Kier alpha value is -3.84. The SMILES string of the molecule is CNc1ccc2c(-c3cc(C(=O)O)ccc3C(=O)O)c3ccc(=[NH+]C)cc-3oc2c1.[Cl-]. The zero-order valence-corrected chi connectivity index (χ0v) is 17.4. The molecule has 4 N–H and O–H groups in total. The first-order valence-electron chi connectivity index (χ1n) is 9.23. The number of anilines is 1. The molecule has 0 spiro atoms. The Morgan fingerprint density at radius 2 is 1.71 bits per heavy atom. The van der Waals surface area contributed by atoms with Crippen LogP contribution >= 0.6 is 0 Å². The molecule has 4 rings (SSSR count). The standard InChI is InChI=1S/C23H18N2O5.ClH/c1-24-13-4-7-16-19(10-13)30-20-11-14(25-2)5-8-17(20)21(16)18-9-12(22(26)27)3-6-15(18)23(28)29;/h3-11,24H,1-2H3,(H,26,27)(H,28,29);1H. The van der Waals surface area contributed by atoms with Crippen LogP contribution in [-0.4, -0.2) is 36.2 Å². The summed E-state index contributed by atoms with van der Waals surface area (Å²) in [7, 11) is 3.59. The summed E-state index contributed by atoms with van der Waals surface area (Å²) in [5.74, 6) is -1.71. The van der Waals surface area contributed by atoms with Crippen molar-refractivity contribution in [3.63, 3.8) is 0 Å². The minimum atomic E-state index is -1.14. The molecule has 2 aromatic carbocycles. The third kappa shape index (κ3) is 3.83. The Morgan fingerprint density at radius 1 is 0.935 bits per heavy atom. The van der Waals surface area contributed by atoms with E-state index in [-0.39, 0.29) is 23.5 Å². The van der Waals surface area contributed by atoms with Crippen molar-refractivity contribution in [2.75, 3.05) is 19.4 Å². The molecule has 8 heteroatoms. The zero-order valence-electron chi connectivity index (χ0n) is 16.7. The molecule has 1 heterocycles. The summed E-state index contributed by atoms with van der Waals surface area (Å²) in [5, 5.41) is 23.8. The lowest BCUT2D eigenvalue weighted by atomic mass is 9.89. The highest BCUT2D eigenvalue weighted by molar-refractivity contribution is 6.09. The summed E-state index contributed by atoms with van der Waals surface area (Å²) >= 11 is 0. The number of nitrogens with one attached hydrogen (secondary N) is 2. The number of rotatable bonds is 4. The molecule has 0 radical (unpaired) electrons. The van der Waals surface area contributed by atoms with Gasteiger partial charge in [-0.05, 0) is 42.0 Å². The molecule has 0 bridgehead atoms. The van der Waals surface area contributed by atoms with Gasteiger partial charge in [-0.15, -0.1) is 0 Å². The lowest BCUT2D eigenvalue weighted by Gasteiger charge is -2.17. The van der Waals surface area contributed by atoms with Crippen molar-refractivity contribution in [2.45, 2.75) is 0 Å². The maximum absolute atomic E-state index is 12.0. The maximum atomic E-state index is 12.0. The lowest BCUT2D eigenvalue weighted by molar-refractivity contribution is -0.465. The second-order valence-electron chi connectivity index (χ2n) is 6.77. The van der Waals surface area contributed by atoms with Gasteiger partial charge in [-0.2, -0.15) is 0 Å². The molecule has 2 aliphatic rings. The molecule has 0 saturated heterocycles. The van der Waals surface area contributed by atoms with Crippen molar-refractivity contribution in [3.8, 4) is 22.5 Å². The number of aromatic carboxylic acids is 2. The number of hydrogen-bond acceptors (Lipinski definition) is 4. The third-order valence-electron chi connectivity index (χ3n) is 5.07. The highest BCUT2D eigenvalue weighted by Gasteiger charge is 2.23. The summed E-state index contributed by atoms with van der Waals surface area (Å²) in [6.45, 7) is 0. The molecule has 0 unspecified atom stereocenters. The van der Waals surface area contributed by atoms with Gasteiger partial charge >= 0.3 is 11.9 Å². The first kappa shape index (κ1) is 21.9. The smallest absolute Gasteiger partial charge is 0.336 e. The topological polar surface area (TPSA) is 114 Å². The van der Waals surface area contributed by atoms with Gasteiger partial charge in [-0.1, -0.05) is 0 Å². The molecule has 0 aromatic heterocycles. The second-order valence-corrected chi connectivity index (χ2v) is 6.77. The largest absolute Gasteiger partial charge is 1.00 e. The van der Waals surface area contributed by atoms with Crippen molar-refractivity contribution < 1.29 is 41.6 Å². The van der Waals surface area contributed by atoms with E-state index in [1.165, 1.54) is 18.2 Å². The van der Waals surface area contributed by atoms with Gasteiger partial charge < -0.3 is 32.4 Å². The van der Waals surface area contributed by atoms with Crippen molar-refractivity contribution in [1.29, 1.82) is 0 Å². The maximum Gasteiger partial charge on any atom is 0.336 e. The zero-order chi connectivity index (χ0) is 21.4. The van der Waals surface area contributed by atoms with Crippen LogP contribution in [0.3, 0.4) is 0 Å². The van der Waals surface area contributed by atoms with Gasteiger partial charge in [-0.25, -0.2) is 14.6 Å². The molecule has 31 heavy (non-hydrogen) atoms. The molecule has 2 aromatic rings. The van der Waals surface area contributed by atoms with Gasteiger partial charge in [0.05, 0.1) is 17.2 Å². The average molecular weight is 439 g/mol. The third-order valence-corrected chi connectivity index (χ3v) is 5.07. The van der Waals surface area contributed by atoms with Crippen LogP contribution in [0.1, 0.15) is 20.7 Å². The molecule has 0 atom stereocenters. The highest BCUT2D eigenvalue weighted by Crippen LogP contribution is 2.42. The molecule has 0 fully saturated rings. The lowest BCUT2D eigenvalue weighted by Crippen LogP contribution is -3.00. The van der Waals surface area contributed by atoms with Crippen LogP contribution in [0.15, 0.2) is 59.0 Å². The molecule has 7 nitrogen and oxygen atoms in total. The van der Waals surface area contributed by atoms with Gasteiger partial charge in [-0.3, -0.25) is 0 Å². The van der Waals surface area contributed by atoms with E-state index in [1.54, 1.807) is 14.1 Å². The van der Waals surface area contributed by atoms with Crippen LogP contribution in [0.5, 0.6) is 0 Å². The van der Waals surface area contributed by atoms with Crippen molar-refractivity contribution in [2.24, 2.45) is 0 Å². The summed E-state index contributed by atoms with van der Waals surface area (Å²) in [6.07, 6.45) is 0. The summed E-state index contributed by atoms with van der Waals surface area (Å²) in [5.41, 5.74) is 3.03. The number of carboxylic acid groups (broad SMARTS) is 2. The predicted molar refractivity (Wildman–Crippen MR) is 112 cm³/mol. The van der Waals surface area contributed by atoms with Crippen LogP contribution in [0.2, 0.25) is 0 Å². The quantitative estimate of drug-likeness (QED) is 0.312. The Morgan fingerprint density at radius 3 is 2.35 bits per heavy atom. The fourth-order valence-electron chi connectivity index (χ4n) is 3.56. The monoisotopic (exact) mass is 438 g/mol. The molecule has 0 amide bonds. The number of benzene rings is 3. The fraction of sp³-hybridized carbons (Fsp3) is 0.0870. The fourth-order valence-corrected chi connectivity index (χ4v) is 3.56. The summed E-state index contributed by atoms with van der Waals surface area (Å²) in [6, 6.07) is 15.1. The van der Waals surface area contributed by atoms with Crippen molar-refractivity contribution in [3.05, 3.63) is 71.1 Å². The van der Waals surface area contributed by atoms with E-state index >= 15 is 0 Å². The van der Waals surface area contributed by atoms with Crippen LogP contribution in [0.4, 0.5) is 5.69 Å². The Labute approximate surface area is 183 Å². The molecule has 0 saturated carbocycles. The van der Waals surface area contributed by atoms with Crippen molar-refractivity contribution >= 4 is 28.6 Å². The van der Waals surface area contributed by atoms with E-state index < -0.39 is 11.9 Å². The highest BCUT2D eigenvalue weighted by atomic mass is 35.5. The van der Waals surface area contributed by atoms with Crippen LogP contribution in [0, 0.1) is 0 Å². The van der Waals surface area contributed by atoms with Crippen LogP contribution in [0.25, 0.3) is 33.4 Å². The van der Waals surface area contributed by atoms with Crippen LogP contribution in [-0.2, 0) is 0 Å². The number of halogens is 1. The Bertz CT molecular complexity index is 1360. The number of carbonyl (C=O) groups is 2. The van der Waals surface area contributed by atoms with E-state index in [0.29, 0.717) is 33.4 Å². The van der Waals surface area contributed by atoms with Gasteiger partial charge in [0.2, 0.25) is 5.36 Å². The van der Waals surface area contributed by atoms with Gasteiger partial charge in [0.1, 0.15) is 18.4 Å². The Balaban J connectivity index is 0.00000272. The van der Waals surface area contributed by atoms with Crippen LogP contribution < -0.4 is 28.1 Å². The minimum absolute atomic E-state index is 0. The number of fused-ring (bicyclic) bond motifs is 2. The van der Waals surface area contributed by atoms with Gasteiger partial charge in [0.15, 0.2) is 0 Å². The van der Waals surface area contributed by atoms with E-state index in [4.69, 9.17) is 4.42 Å². The second kappa shape index (κ2) is 8.49. The number of hydrogen-bond donors (Lipinski definition) is 4. The summed E-state index contributed by atoms with van der Waals surface area (Å²) < 4.78 is 6.13. The molecular formula is C23H19ClN2O5. The van der Waals surface area contributed by atoms with Crippen molar-refractivity contribution in [1.82, 2.24) is 0 Å². The average Bonchev–Trinajstić information content (AvgIpc) is 2.75. The van der Waals surface area contributed by atoms with Gasteiger partial charge in [0.25, 0.3) is 0 Å². The Kier molecular flexibility index (Phi) is 5.99. The first-order valence-corrected chi connectivity index (χ1v) is 9.23. The first-order chi connectivity index (χ1) is 14.4. The predicted octanol–water partition coefficient (Wildman–Crippen LogP) is -0.742. The van der Waals surface area contributed by atoms with E-state index in [0.717, 1.165) is 11.0 Å². The molecular weight excluding hydrogens is 420 g/mol. The normalized spacial score (nSPS) is 11.4. The van der Waals surface area contributed by atoms with E-state index in [2.05, 4.69) is 10.3 Å². The minimum Gasteiger partial charge on any atom is -1.00 e. The van der Waals surface area contributed by atoms with E-state index in [9.17, 15) is 19.8 Å². The molecule has 1 aliphatic heterocycles. The number of carboxylic acids is 2. The molecule has 1 aliphatic carbocycles. The van der Waals surface area contributed by atoms with Gasteiger partial charge in [0, 0.05) is 41.4 Å². The molecule has 158 valence electrons. The summed E-state index contributed by atoms with van der Waals surface area (Å²) in [4.78, 5) is 26.6.